The number of alkyl halides is 1. The van der Waals surface area contributed by atoms with Gasteiger partial charge < -0.3 is 0 Å². The average Bonchev–Trinajstić information content (AvgIpc) is 2.35. The maximum Gasteiger partial charge on any atom is 0.328 e. The molecule has 0 amide bonds. The summed E-state index contributed by atoms with van der Waals surface area (Å²) in [6, 6.07) is 5.65. The van der Waals surface area contributed by atoms with Crippen molar-refractivity contribution in [1.82, 2.24) is 9.55 Å². The molecule has 0 aliphatic carbocycles. The van der Waals surface area contributed by atoms with Crippen LogP contribution in [0.5, 0.6) is 0 Å². The smallest absolute Gasteiger partial charge is 0.293 e. The number of aromatic nitrogens is 2. The molecule has 0 bridgehead atoms. The van der Waals surface area contributed by atoms with Crippen molar-refractivity contribution >= 4 is 26.8 Å². The number of hydrogen-bond acceptors (Lipinski definition) is 2. The predicted molar refractivity (Wildman–Crippen MR) is 70.0 cm³/mol. The van der Waals surface area contributed by atoms with Crippen molar-refractivity contribution in [3.05, 3.63) is 44.6 Å². The maximum atomic E-state index is 11.8. The van der Waals surface area contributed by atoms with Gasteiger partial charge in [0.1, 0.15) is 0 Å². The van der Waals surface area contributed by atoms with E-state index in [0.717, 1.165) is 22.8 Å². The molecule has 5 heteroatoms. The number of rotatable bonds is 1. The molecule has 1 aliphatic rings. The van der Waals surface area contributed by atoms with E-state index in [9.17, 15) is 9.59 Å². The molecule has 3 rings (SSSR count). The van der Waals surface area contributed by atoms with Crippen LogP contribution < -0.4 is 11.2 Å². The van der Waals surface area contributed by atoms with E-state index in [4.69, 9.17) is 0 Å². The fourth-order valence-corrected chi connectivity index (χ4v) is 3.20. The van der Waals surface area contributed by atoms with Gasteiger partial charge in [0, 0.05) is 11.9 Å². The highest BCUT2D eigenvalue weighted by atomic mass is 79.9. The molecular weight excluding hydrogens is 284 g/mol. The Bertz CT molecular complexity index is 702. The molecule has 1 aromatic heterocycles. The summed E-state index contributed by atoms with van der Waals surface area (Å²) >= 11 is 3.49. The number of aromatic amines is 1. The highest BCUT2D eigenvalue weighted by Gasteiger charge is 2.22. The van der Waals surface area contributed by atoms with E-state index >= 15 is 0 Å². The maximum absolute atomic E-state index is 11.8. The van der Waals surface area contributed by atoms with E-state index in [2.05, 4.69) is 20.9 Å². The lowest BCUT2D eigenvalue weighted by molar-refractivity contribution is 0.546. The van der Waals surface area contributed by atoms with Gasteiger partial charge in [0.05, 0.1) is 10.9 Å². The molecular formula is C12H11BrN2O2. The van der Waals surface area contributed by atoms with Gasteiger partial charge in [-0.15, -0.1) is 0 Å². The van der Waals surface area contributed by atoms with E-state index in [1.54, 1.807) is 10.6 Å². The fraction of sp³-hybridized carbons (Fsp3) is 0.333. The summed E-state index contributed by atoms with van der Waals surface area (Å²) in [4.78, 5) is 25.9. The number of hydrogen-bond donors (Lipinski definition) is 1. The Morgan fingerprint density at radius 2 is 2.24 bits per heavy atom. The number of benzene rings is 1. The third-order valence-electron chi connectivity index (χ3n) is 3.37. The first-order valence-corrected chi connectivity index (χ1v) is 6.66. The molecule has 1 N–H and O–H groups in total. The van der Waals surface area contributed by atoms with Crippen molar-refractivity contribution in [3.63, 3.8) is 0 Å². The van der Waals surface area contributed by atoms with Crippen LogP contribution in [-0.4, -0.2) is 14.9 Å². The number of halogens is 1. The van der Waals surface area contributed by atoms with Crippen molar-refractivity contribution in [2.75, 3.05) is 5.33 Å². The van der Waals surface area contributed by atoms with E-state index in [0.29, 0.717) is 17.8 Å². The zero-order valence-electron chi connectivity index (χ0n) is 9.07. The second-order valence-corrected chi connectivity index (χ2v) is 4.94. The summed E-state index contributed by atoms with van der Waals surface area (Å²) in [5.41, 5.74) is 1.30. The van der Waals surface area contributed by atoms with Gasteiger partial charge >= 0.3 is 5.69 Å². The van der Waals surface area contributed by atoms with Crippen molar-refractivity contribution in [1.29, 1.82) is 0 Å². The monoisotopic (exact) mass is 294 g/mol. The fourth-order valence-electron chi connectivity index (χ4n) is 2.52. The second kappa shape index (κ2) is 3.84. The zero-order valence-corrected chi connectivity index (χ0v) is 10.7. The largest absolute Gasteiger partial charge is 0.328 e. The van der Waals surface area contributed by atoms with Gasteiger partial charge in [-0.05, 0) is 24.0 Å². The average molecular weight is 295 g/mol. The molecule has 0 spiro atoms. The van der Waals surface area contributed by atoms with E-state index in [1.807, 2.05) is 12.1 Å². The predicted octanol–water partition coefficient (Wildman–Crippen LogP) is 1.57. The van der Waals surface area contributed by atoms with Gasteiger partial charge in [-0.25, -0.2) is 4.79 Å². The number of H-pyrrole nitrogens is 1. The van der Waals surface area contributed by atoms with Gasteiger partial charge in [-0.1, -0.05) is 28.1 Å². The third kappa shape index (κ3) is 1.49. The van der Waals surface area contributed by atoms with Crippen LogP contribution >= 0.6 is 15.9 Å². The normalized spacial score (nSPS) is 18.5. The Balaban J connectivity index is 2.52. The molecule has 0 saturated carbocycles. The van der Waals surface area contributed by atoms with Gasteiger partial charge in [0.2, 0.25) is 0 Å². The minimum Gasteiger partial charge on any atom is -0.293 e. The lowest BCUT2D eigenvalue weighted by Crippen LogP contribution is -2.33. The van der Waals surface area contributed by atoms with Crippen LogP contribution in [0.3, 0.4) is 0 Å². The van der Waals surface area contributed by atoms with E-state index in [-0.39, 0.29) is 11.2 Å². The van der Waals surface area contributed by atoms with Crippen LogP contribution in [-0.2, 0) is 6.54 Å². The Hall–Kier alpha value is -1.36. The zero-order chi connectivity index (χ0) is 12.0. The highest BCUT2D eigenvalue weighted by molar-refractivity contribution is 9.09. The van der Waals surface area contributed by atoms with E-state index < -0.39 is 0 Å². The van der Waals surface area contributed by atoms with Crippen molar-refractivity contribution < 1.29 is 0 Å². The third-order valence-corrected chi connectivity index (χ3v) is 4.16. The molecule has 88 valence electrons. The Morgan fingerprint density at radius 1 is 1.41 bits per heavy atom. The molecule has 0 fully saturated rings. The molecule has 4 nitrogen and oxygen atoms in total. The molecule has 17 heavy (non-hydrogen) atoms. The molecule has 0 radical (unpaired) electrons. The molecule has 0 saturated heterocycles. The second-order valence-electron chi connectivity index (χ2n) is 4.29. The van der Waals surface area contributed by atoms with Crippen LogP contribution in [0.4, 0.5) is 0 Å². The topological polar surface area (TPSA) is 54.9 Å². The first-order chi connectivity index (χ1) is 8.22. The van der Waals surface area contributed by atoms with Crippen molar-refractivity contribution in [3.8, 4) is 0 Å². The molecule has 1 aromatic carbocycles. The SMILES string of the molecule is O=c1[nH]c(=O)n2c3c(cccc13)C(CBr)CC2. The summed E-state index contributed by atoms with van der Waals surface area (Å²) in [6.45, 7) is 0.666. The van der Waals surface area contributed by atoms with Crippen LogP contribution in [0.25, 0.3) is 10.9 Å². The van der Waals surface area contributed by atoms with Crippen LogP contribution in [0.1, 0.15) is 17.9 Å². The number of aryl methyl sites for hydroxylation is 1. The molecule has 1 aliphatic heterocycles. The summed E-state index contributed by atoms with van der Waals surface area (Å²) in [6.07, 6.45) is 0.920. The Morgan fingerprint density at radius 3 is 3.00 bits per heavy atom. The number of nitrogens with one attached hydrogen (secondary N) is 1. The van der Waals surface area contributed by atoms with Gasteiger partial charge in [0.25, 0.3) is 5.56 Å². The van der Waals surface area contributed by atoms with Gasteiger partial charge in [-0.3, -0.25) is 14.3 Å². The van der Waals surface area contributed by atoms with Crippen LogP contribution in [0, 0.1) is 0 Å². The van der Waals surface area contributed by atoms with Crippen LogP contribution in [0.15, 0.2) is 27.8 Å². The minimum atomic E-state index is -0.303. The molecule has 1 atom stereocenters. The lowest BCUT2D eigenvalue weighted by Gasteiger charge is -2.24. The Labute approximate surface area is 105 Å². The number of nitrogens with zero attached hydrogens (tertiary/aromatic N) is 1. The highest BCUT2D eigenvalue weighted by Crippen LogP contribution is 2.31. The summed E-state index contributed by atoms with van der Waals surface area (Å²) in [5, 5.41) is 1.46. The Kier molecular flexibility index (Phi) is 2.43. The first-order valence-electron chi connectivity index (χ1n) is 5.54. The standard InChI is InChI=1S/C12H11BrN2O2/c13-6-7-4-5-15-10-8(7)2-1-3-9(10)11(16)14-12(15)17/h1-3,7H,4-6H2,(H,14,16,17). The number of para-hydroxylation sites is 1. The first kappa shape index (κ1) is 10.8. The molecule has 1 unspecified atom stereocenters. The summed E-state index contributed by atoms with van der Waals surface area (Å²) < 4.78 is 1.67. The van der Waals surface area contributed by atoms with Gasteiger partial charge in [-0.2, -0.15) is 0 Å². The van der Waals surface area contributed by atoms with Crippen molar-refractivity contribution in [2.24, 2.45) is 0 Å². The van der Waals surface area contributed by atoms with Crippen molar-refractivity contribution in [2.45, 2.75) is 18.9 Å². The van der Waals surface area contributed by atoms with E-state index in [1.165, 1.54) is 0 Å². The van der Waals surface area contributed by atoms with Gasteiger partial charge in [0.15, 0.2) is 0 Å². The quantitative estimate of drug-likeness (QED) is 0.812. The minimum absolute atomic E-state index is 0.293. The molecule has 2 aromatic rings. The van der Waals surface area contributed by atoms with Crippen LogP contribution in [0.2, 0.25) is 0 Å². The molecule has 2 heterocycles. The summed E-state index contributed by atoms with van der Waals surface area (Å²) in [5.74, 6) is 0.375. The summed E-state index contributed by atoms with van der Waals surface area (Å²) in [7, 11) is 0. The lowest BCUT2D eigenvalue weighted by atomic mass is 9.92.